The molecule has 0 bridgehead atoms. The molecule has 0 saturated heterocycles. The van der Waals surface area contributed by atoms with Crippen LogP contribution in [0.4, 0.5) is 5.69 Å². The Balaban J connectivity index is 2.77. The van der Waals surface area contributed by atoms with Gasteiger partial charge in [0.15, 0.2) is 0 Å². The number of halogens is 2. The summed E-state index contributed by atoms with van der Waals surface area (Å²) in [6.07, 6.45) is 0. The minimum atomic E-state index is 0.0711. The highest BCUT2D eigenvalue weighted by atomic mass is 35.5. The van der Waals surface area contributed by atoms with Gasteiger partial charge in [-0.3, -0.25) is 0 Å². The van der Waals surface area contributed by atoms with Crippen LogP contribution < -0.4 is 11.1 Å². The van der Waals surface area contributed by atoms with E-state index in [9.17, 15) is 0 Å². The summed E-state index contributed by atoms with van der Waals surface area (Å²) in [4.78, 5) is 0. The Kier molecular flexibility index (Phi) is 4.05. The highest BCUT2D eigenvalue weighted by Gasteiger charge is 2.08. The Bertz CT molecular complexity index is 313. The van der Waals surface area contributed by atoms with Crippen LogP contribution >= 0.6 is 23.2 Å². The van der Waals surface area contributed by atoms with Gasteiger partial charge in [0, 0.05) is 17.1 Å². The average molecular weight is 233 g/mol. The lowest BCUT2D eigenvalue weighted by molar-refractivity contribution is 0.638. The summed E-state index contributed by atoms with van der Waals surface area (Å²) in [5, 5.41) is 4.47. The topological polar surface area (TPSA) is 38.0 Å². The molecule has 0 saturated carbocycles. The Morgan fingerprint density at radius 1 is 1.29 bits per heavy atom. The summed E-state index contributed by atoms with van der Waals surface area (Å²) < 4.78 is 0. The molecule has 0 aliphatic carbocycles. The minimum Gasteiger partial charge on any atom is -0.380 e. The maximum atomic E-state index is 5.99. The minimum absolute atomic E-state index is 0.0711. The van der Waals surface area contributed by atoms with Gasteiger partial charge in [-0.15, -0.1) is 0 Å². The molecular weight excluding hydrogens is 219 g/mol. The Morgan fingerprint density at radius 2 is 1.93 bits per heavy atom. The molecule has 3 N–H and O–H groups in total. The molecule has 0 aromatic heterocycles. The van der Waals surface area contributed by atoms with E-state index in [0.29, 0.717) is 10.0 Å². The first-order chi connectivity index (χ1) is 6.50. The van der Waals surface area contributed by atoms with E-state index in [1.165, 1.54) is 0 Å². The van der Waals surface area contributed by atoms with E-state index < -0.39 is 0 Å². The van der Waals surface area contributed by atoms with Gasteiger partial charge in [-0.05, 0) is 32.0 Å². The fraction of sp³-hybridized carbons (Fsp3) is 0.400. The third kappa shape index (κ3) is 3.05. The molecule has 0 radical (unpaired) electrons. The van der Waals surface area contributed by atoms with Crippen LogP contribution in [0.2, 0.25) is 10.0 Å². The van der Waals surface area contributed by atoms with Crippen molar-refractivity contribution in [2.45, 2.75) is 25.9 Å². The van der Waals surface area contributed by atoms with Gasteiger partial charge >= 0.3 is 0 Å². The van der Waals surface area contributed by atoms with Crippen LogP contribution in [0.3, 0.4) is 0 Å². The zero-order chi connectivity index (χ0) is 10.7. The number of nitrogens with one attached hydrogen (secondary N) is 1. The van der Waals surface area contributed by atoms with Crippen molar-refractivity contribution >= 4 is 28.9 Å². The molecule has 2 unspecified atom stereocenters. The van der Waals surface area contributed by atoms with Crippen LogP contribution in [0.1, 0.15) is 13.8 Å². The number of hydrogen-bond donors (Lipinski definition) is 2. The van der Waals surface area contributed by atoms with Gasteiger partial charge in [-0.1, -0.05) is 23.2 Å². The van der Waals surface area contributed by atoms with Gasteiger partial charge in [0.25, 0.3) is 0 Å². The highest BCUT2D eigenvalue weighted by molar-refractivity contribution is 6.36. The summed E-state index contributed by atoms with van der Waals surface area (Å²) in [6.45, 7) is 3.96. The van der Waals surface area contributed by atoms with E-state index in [2.05, 4.69) is 5.32 Å². The van der Waals surface area contributed by atoms with E-state index >= 15 is 0 Å². The van der Waals surface area contributed by atoms with E-state index in [1.807, 2.05) is 19.9 Å². The van der Waals surface area contributed by atoms with Crippen molar-refractivity contribution in [2.24, 2.45) is 5.73 Å². The molecule has 78 valence electrons. The van der Waals surface area contributed by atoms with Crippen molar-refractivity contribution in [3.8, 4) is 0 Å². The Labute approximate surface area is 94.4 Å². The van der Waals surface area contributed by atoms with Gasteiger partial charge in [-0.25, -0.2) is 0 Å². The molecule has 14 heavy (non-hydrogen) atoms. The zero-order valence-electron chi connectivity index (χ0n) is 8.22. The third-order valence-corrected chi connectivity index (χ3v) is 2.65. The molecule has 0 spiro atoms. The second-order valence-corrected chi connectivity index (χ2v) is 4.26. The largest absolute Gasteiger partial charge is 0.380 e. The van der Waals surface area contributed by atoms with Gasteiger partial charge in [0.05, 0.1) is 10.7 Å². The second-order valence-electron chi connectivity index (χ2n) is 3.42. The Hall–Kier alpha value is -0.440. The van der Waals surface area contributed by atoms with Crippen LogP contribution in [-0.4, -0.2) is 12.1 Å². The first kappa shape index (κ1) is 11.6. The van der Waals surface area contributed by atoms with Crippen LogP contribution in [0.15, 0.2) is 18.2 Å². The number of nitrogens with two attached hydrogens (primary N) is 1. The maximum absolute atomic E-state index is 5.99. The lowest BCUT2D eigenvalue weighted by Crippen LogP contribution is -2.35. The van der Waals surface area contributed by atoms with E-state index in [4.69, 9.17) is 28.9 Å². The van der Waals surface area contributed by atoms with Crippen LogP contribution in [0.25, 0.3) is 0 Å². The van der Waals surface area contributed by atoms with E-state index in [1.54, 1.807) is 12.1 Å². The summed E-state index contributed by atoms with van der Waals surface area (Å²) >= 11 is 11.8. The van der Waals surface area contributed by atoms with Crippen molar-refractivity contribution in [2.75, 3.05) is 5.32 Å². The normalized spacial score (nSPS) is 14.9. The average Bonchev–Trinajstić information content (AvgIpc) is 2.09. The predicted molar refractivity (Wildman–Crippen MR) is 63.2 cm³/mol. The number of anilines is 1. The quantitative estimate of drug-likeness (QED) is 0.841. The number of hydrogen-bond acceptors (Lipinski definition) is 2. The molecular formula is C10H14Cl2N2. The zero-order valence-corrected chi connectivity index (χ0v) is 9.73. The predicted octanol–water partition coefficient (Wildman–Crippen LogP) is 3.14. The van der Waals surface area contributed by atoms with E-state index in [-0.39, 0.29) is 12.1 Å². The summed E-state index contributed by atoms with van der Waals surface area (Å²) in [7, 11) is 0. The molecule has 0 amide bonds. The van der Waals surface area contributed by atoms with Crippen molar-refractivity contribution < 1.29 is 0 Å². The first-order valence-electron chi connectivity index (χ1n) is 4.48. The molecule has 1 aromatic rings. The molecule has 2 atom stereocenters. The van der Waals surface area contributed by atoms with Crippen LogP contribution in [0, 0.1) is 0 Å². The molecule has 1 aromatic carbocycles. The van der Waals surface area contributed by atoms with Crippen LogP contribution in [-0.2, 0) is 0 Å². The van der Waals surface area contributed by atoms with Gasteiger partial charge in [0.2, 0.25) is 0 Å². The fourth-order valence-corrected chi connectivity index (χ4v) is 1.45. The second kappa shape index (κ2) is 4.87. The summed E-state index contributed by atoms with van der Waals surface area (Å²) in [5.74, 6) is 0. The Morgan fingerprint density at radius 3 is 2.43 bits per heavy atom. The van der Waals surface area contributed by atoms with Crippen molar-refractivity contribution in [3.05, 3.63) is 28.2 Å². The molecule has 2 nitrogen and oxygen atoms in total. The monoisotopic (exact) mass is 232 g/mol. The number of benzene rings is 1. The molecule has 0 aliphatic rings. The van der Waals surface area contributed by atoms with Gasteiger partial charge < -0.3 is 11.1 Å². The van der Waals surface area contributed by atoms with Crippen molar-refractivity contribution in [1.29, 1.82) is 0 Å². The highest BCUT2D eigenvalue weighted by Crippen LogP contribution is 2.25. The maximum Gasteiger partial charge on any atom is 0.0652 e. The smallest absolute Gasteiger partial charge is 0.0652 e. The SMILES string of the molecule is CC(N)C(C)Nc1ccc(Cl)cc1Cl. The summed E-state index contributed by atoms with van der Waals surface area (Å²) in [5.41, 5.74) is 6.59. The molecule has 0 aliphatic heterocycles. The number of rotatable bonds is 3. The molecule has 4 heteroatoms. The third-order valence-electron chi connectivity index (χ3n) is 2.10. The molecule has 1 rings (SSSR count). The van der Waals surface area contributed by atoms with E-state index in [0.717, 1.165) is 5.69 Å². The lowest BCUT2D eigenvalue weighted by Gasteiger charge is -2.19. The van der Waals surface area contributed by atoms with Crippen molar-refractivity contribution in [1.82, 2.24) is 0 Å². The molecule has 0 heterocycles. The first-order valence-corrected chi connectivity index (χ1v) is 5.23. The molecule has 0 fully saturated rings. The van der Waals surface area contributed by atoms with Crippen molar-refractivity contribution in [3.63, 3.8) is 0 Å². The van der Waals surface area contributed by atoms with Gasteiger partial charge in [-0.2, -0.15) is 0 Å². The summed E-state index contributed by atoms with van der Waals surface area (Å²) in [6, 6.07) is 5.60. The standard InChI is InChI=1S/C10H14Cl2N2/c1-6(13)7(2)14-10-4-3-8(11)5-9(10)12/h3-7,14H,13H2,1-2H3. The fourth-order valence-electron chi connectivity index (χ4n) is 0.983. The van der Waals surface area contributed by atoms with Gasteiger partial charge in [0.1, 0.15) is 0 Å². The lowest BCUT2D eigenvalue weighted by atomic mass is 10.2. The van der Waals surface area contributed by atoms with Crippen LogP contribution in [0.5, 0.6) is 0 Å².